The summed E-state index contributed by atoms with van der Waals surface area (Å²) in [6.07, 6.45) is 2.19. The lowest BCUT2D eigenvalue weighted by molar-refractivity contribution is -0.123. The molecule has 0 aromatic heterocycles. The fourth-order valence-electron chi connectivity index (χ4n) is 4.15. The van der Waals surface area contributed by atoms with Crippen molar-refractivity contribution in [2.75, 3.05) is 13.1 Å². The number of aryl methyl sites for hydroxylation is 4. The Balaban J connectivity index is 1.68. The van der Waals surface area contributed by atoms with Crippen molar-refractivity contribution in [3.63, 3.8) is 0 Å². The van der Waals surface area contributed by atoms with Crippen molar-refractivity contribution < 1.29 is 19.8 Å². The highest BCUT2D eigenvalue weighted by Crippen LogP contribution is 2.22. The molecular weight excluding hydrogens is 432 g/mol. The van der Waals surface area contributed by atoms with Crippen molar-refractivity contribution in [2.45, 2.75) is 65.5 Å². The molecule has 2 amide bonds. The number of aromatic hydroxyl groups is 2. The topological polar surface area (TPSA) is 151 Å². The van der Waals surface area contributed by atoms with E-state index in [4.69, 9.17) is 11.5 Å². The Labute approximate surface area is 201 Å². The van der Waals surface area contributed by atoms with Gasteiger partial charge in [0.25, 0.3) is 0 Å². The summed E-state index contributed by atoms with van der Waals surface area (Å²) < 4.78 is 0. The molecule has 0 aliphatic carbocycles. The van der Waals surface area contributed by atoms with Gasteiger partial charge in [-0.3, -0.25) is 9.59 Å². The van der Waals surface area contributed by atoms with Gasteiger partial charge in [0.2, 0.25) is 11.8 Å². The Morgan fingerprint density at radius 2 is 1.00 bits per heavy atom. The zero-order valence-corrected chi connectivity index (χ0v) is 20.6. The van der Waals surface area contributed by atoms with E-state index in [0.29, 0.717) is 38.8 Å². The first-order valence-corrected chi connectivity index (χ1v) is 11.6. The standard InChI is InChI=1S/C26H38N4O4/c1-15-9-19(31)10-16(2)21(15)13-23(27)25(33)29-7-5-6-8-30-26(34)24(28)14-22-17(3)11-20(32)12-18(22)4/h9-12,23-24,31-32H,5-8,13-14,27-28H2,1-4H3,(H,29,33)(H,30,34)/t23-,24-/m0/s1. The lowest BCUT2D eigenvalue weighted by Crippen LogP contribution is -2.43. The second-order valence-corrected chi connectivity index (χ2v) is 9.03. The Morgan fingerprint density at radius 3 is 1.29 bits per heavy atom. The van der Waals surface area contributed by atoms with Crippen LogP contribution in [0.3, 0.4) is 0 Å². The zero-order chi connectivity index (χ0) is 25.4. The molecule has 0 saturated carbocycles. The van der Waals surface area contributed by atoms with Gasteiger partial charge < -0.3 is 32.3 Å². The van der Waals surface area contributed by atoms with Crippen molar-refractivity contribution in [3.8, 4) is 11.5 Å². The average Bonchev–Trinajstić information content (AvgIpc) is 2.74. The Bertz CT molecular complexity index is 894. The van der Waals surface area contributed by atoms with Crippen LogP contribution >= 0.6 is 0 Å². The summed E-state index contributed by atoms with van der Waals surface area (Å²) in [6, 6.07) is 5.32. The molecule has 8 N–H and O–H groups in total. The number of hydrogen-bond donors (Lipinski definition) is 6. The molecule has 0 spiro atoms. The summed E-state index contributed by atoms with van der Waals surface area (Å²) >= 11 is 0. The minimum Gasteiger partial charge on any atom is -0.508 e. The third-order valence-electron chi connectivity index (χ3n) is 6.09. The van der Waals surface area contributed by atoms with Crippen molar-refractivity contribution in [3.05, 3.63) is 57.6 Å². The quantitative estimate of drug-likeness (QED) is 0.276. The fourth-order valence-corrected chi connectivity index (χ4v) is 4.15. The average molecular weight is 471 g/mol. The first-order valence-electron chi connectivity index (χ1n) is 11.6. The van der Waals surface area contributed by atoms with Crippen LogP contribution in [0.15, 0.2) is 24.3 Å². The second-order valence-electron chi connectivity index (χ2n) is 9.03. The molecule has 0 unspecified atom stereocenters. The molecule has 0 aliphatic heterocycles. The lowest BCUT2D eigenvalue weighted by Gasteiger charge is -2.17. The molecule has 0 heterocycles. The van der Waals surface area contributed by atoms with E-state index in [1.165, 1.54) is 0 Å². The highest BCUT2D eigenvalue weighted by atomic mass is 16.3. The largest absolute Gasteiger partial charge is 0.508 e. The van der Waals surface area contributed by atoms with E-state index >= 15 is 0 Å². The molecule has 34 heavy (non-hydrogen) atoms. The van der Waals surface area contributed by atoms with E-state index in [1.807, 2.05) is 27.7 Å². The van der Waals surface area contributed by atoms with E-state index < -0.39 is 12.1 Å². The van der Waals surface area contributed by atoms with Crippen molar-refractivity contribution >= 4 is 11.8 Å². The number of amides is 2. The van der Waals surface area contributed by atoms with E-state index in [2.05, 4.69) is 10.6 Å². The Hall–Kier alpha value is -3.10. The van der Waals surface area contributed by atoms with Gasteiger partial charge in [-0.15, -0.1) is 0 Å². The van der Waals surface area contributed by atoms with Gasteiger partial charge in [0, 0.05) is 13.1 Å². The molecule has 2 aromatic carbocycles. The number of unbranched alkanes of at least 4 members (excludes halogenated alkanes) is 1. The molecule has 8 nitrogen and oxygen atoms in total. The summed E-state index contributed by atoms with van der Waals surface area (Å²) in [4.78, 5) is 24.7. The predicted octanol–water partition coefficient (Wildman–Crippen LogP) is 1.78. The van der Waals surface area contributed by atoms with Crippen LogP contribution in [0.1, 0.15) is 46.2 Å². The highest BCUT2D eigenvalue weighted by molar-refractivity contribution is 5.82. The molecule has 0 saturated heterocycles. The van der Waals surface area contributed by atoms with Crippen LogP contribution in [-0.2, 0) is 22.4 Å². The molecular formula is C26H38N4O4. The minimum absolute atomic E-state index is 0.204. The fraction of sp³-hybridized carbons (Fsp3) is 0.462. The number of rotatable bonds is 11. The monoisotopic (exact) mass is 470 g/mol. The van der Waals surface area contributed by atoms with Gasteiger partial charge in [0.15, 0.2) is 0 Å². The van der Waals surface area contributed by atoms with Gasteiger partial charge in [-0.25, -0.2) is 0 Å². The zero-order valence-electron chi connectivity index (χ0n) is 20.6. The number of nitrogens with two attached hydrogens (primary N) is 2. The maximum absolute atomic E-state index is 12.3. The SMILES string of the molecule is Cc1cc(O)cc(C)c1C[C@H](N)C(=O)NCCCCNC(=O)[C@@H](N)Cc1c(C)cc(O)cc1C. The summed E-state index contributed by atoms with van der Waals surface area (Å²) in [6.45, 7) is 8.49. The number of phenolic OH excluding ortho intramolecular Hbond substituents is 2. The Kier molecular flexibility index (Phi) is 9.89. The number of benzene rings is 2. The summed E-state index contributed by atoms with van der Waals surface area (Å²) in [5.41, 5.74) is 17.7. The maximum atomic E-state index is 12.3. The first-order chi connectivity index (χ1) is 16.0. The smallest absolute Gasteiger partial charge is 0.237 e. The summed E-state index contributed by atoms with van der Waals surface area (Å²) in [5.74, 6) is -0.0408. The van der Waals surface area contributed by atoms with Crippen molar-refractivity contribution in [2.24, 2.45) is 11.5 Å². The van der Waals surface area contributed by atoms with Crippen LogP contribution < -0.4 is 22.1 Å². The third kappa shape index (κ3) is 7.74. The maximum Gasteiger partial charge on any atom is 0.237 e. The van der Waals surface area contributed by atoms with Crippen LogP contribution in [0, 0.1) is 27.7 Å². The minimum atomic E-state index is -0.675. The predicted molar refractivity (Wildman–Crippen MR) is 134 cm³/mol. The molecule has 0 aliphatic rings. The van der Waals surface area contributed by atoms with Crippen molar-refractivity contribution in [1.29, 1.82) is 0 Å². The van der Waals surface area contributed by atoms with Gasteiger partial charge in [-0.2, -0.15) is 0 Å². The number of phenols is 2. The number of carbonyl (C=O) groups is 2. The highest BCUT2D eigenvalue weighted by Gasteiger charge is 2.18. The third-order valence-corrected chi connectivity index (χ3v) is 6.09. The number of carbonyl (C=O) groups excluding carboxylic acids is 2. The molecule has 2 aromatic rings. The van der Waals surface area contributed by atoms with E-state index in [0.717, 1.165) is 33.4 Å². The summed E-state index contributed by atoms with van der Waals surface area (Å²) in [5, 5.41) is 25.0. The van der Waals surface area contributed by atoms with Gasteiger partial charge in [0.1, 0.15) is 11.5 Å². The van der Waals surface area contributed by atoms with Crippen LogP contribution in [0.25, 0.3) is 0 Å². The lowest BCUT2D eigenvalue weighted by atomic mass is 9.96. The molecule has 0 fully saturated rings. The van der Waals surface area contributed by atoms with E-state index in [-0.39, 0.29) is 23.3 Å². The second kappa shape index (κ2) is 12.4. The van der Waals surface area contributed by atoms with Crippen LogP contribution in [0.5, 0.6) is 11.5 Å². The molecule has 2 rings (SSSR count). The van der Waals surface area contributed by atoms with Gasteiger partial charge in [-0.05, 0) is 111 Å². The van der Waals surface area contributed by atoms with E-state index in [9.17, 15) is 19.8 Å². The molecule has 2 atom stereocenters. The Morgan fingerprint density at radius 1 is 0.706 bits per heavy atom. The van der Waals surface area contributed by atoms with Crippen molar-refractivity contribution in [1.82, 2.24) is 10.6 Å². The molecule has 0 radical (unpaired) electrons. The molecule has 8 heteroatoms. The van der Waals surface area contributed by atoms with Gasteiger partial charge in [-0.1, -0.05) is 0 Å². The van der Waals surface area contributed by atoms with Crippen LogP contribution in [0.4, 0.5) is 0 Å². The van der Waals surface area contributed by atoms with Crippen LogP contribution in [-0.4, -0.2) is 47.2 Å². The van der Waals surface area contributed by atoms with E-state index in [1.54, 1.807) is 24.3 Å². The van der Waals surface area contributed by atoms with Crippen LogP contribution in [0.2, 0.25) is 0 Å². The number of hydrogen-bond acceptors (Lipinski definition) is 6. The van der Waals surface area contributed by atoms with Gasteiger partial charge >= 0.3 is 0 Å². The normalized spacial score (nSPS) is 12.8. The number of nitrogens with one attached hydrogen (secondary N) is 2. The van der Waals surface area contributed by atoms with Gasteiger partial charge in [0.05, 0.1) is 12.1 Å². The first kappa shape index (κ1) is 27.1. The molecule has 0 bridgehead atoms. The molecule has 186 valence electrons. The summed E-state index contributed by atoms with van der Waals surface area (Å²) in [7, 11) is 0.